The number of nitrogens with one attached hydrogen (secondary N) is 1. The van der Waals surface area contributed by atoms with Gasteiger partial charge in [0.25, 0.3) is 0 Å². The highest BCUT2D eigenvalue weighted by Gasteiger charge is 2.23. The molecule has 22 heavy (non-hydrogen) atoms. The van der Waals surface area contributed by atoms with Gasteiger partial charge >= 0.3 is 16.4 Å². The number of para-hydroxylation sites is 1. The Morgan fingerprint density at radius 2 is 1.64 bits per heavy atom. The minimum atomic E-state index is -4.29. The highest BCUT2D eigenvalue weighted by molar-refractivity contribution is 7.85. The SMILES string of the molecule is CCOC(=O)NS(=O)(=O)Oc1c(C(C)C)cccc1C(C)C. The van der Waals surface area contributed by atoms with E-state index in [4.69, 9.17) is 4.18 Å². The molecule has 0 bridgehead atoms. The van der Waals surface area contributed by atoms with Crippen LogP contribution >= 0.6 is 0 Å². The zero-order chi connectivity index (χ0) is 16.9. The average Bonchev–Trinajstić information content (AvgIpc) is 2.37. The van der Waals surface area contributed by atoms with Crippen molar-refractivity contribution in [2.24, 2.45) is 0 Å². The molecule has 0 fully saturated rings. The van der Waals surface area contributed by atoms with Crippen LogP contribution < -0.4 is 8.91 Å². The van der Waals surface area contributed by atoms with E-state index in [1.54, 1.807) is 11.6 Å². The van der Waals surface area contributed by atoms with Crippen LogP contribution in [0.5, 0.6) is 5.75 Å². The predicted octanol–water partition coefficient (Wildman–Crippen LogP) is 3.30. The van der Waals surface area contributed by atoms with Crippen LogP contribution in [-0.2, 0) is 15.0 Å². The van der Waals surface area contributed by atoms with E-state index in [9.17, 15) is 13.2 Å². The van der Waals surface area contributed by atoms with Crippen molar-refractivity contribution in [1.29, 1.82) is 0 Å². The summed E-state index contributed by atoms with van der Waals surface area (Å²) >= 11 is 0. The number of hydrogen-bond acceptors (Lipinski definition) is 5. The zero-order valence-corrected chi connectivity index (χ0v) is 14.4. The van der Waals surface area contributed by atoms with Gasteiger partial charge in [0.1, 0.15) is 0 Å². The maximum atomic E-state index is 12.0. The molecule has 0 saturated carbocycles. The maximum Gasteiger partial charge on any atom is 0.423 e. The molecular weight excluding hydrogens is 306 g/mol. The molecule has 0 aliphatic carbocycles. The fourth-order valence-electron chi connectivity index (χ4n) is 1.97. The first-order valence-electron chi connectivity index (χ1n) is 7.19. The Kier molecular flexibility index (Phi) is 6.22. The molecule has 0 atom stereocenters. The fourth-order valence-corrected chi connectivity index (χ4v) is 2.69. The molecule has 0 unspecified atom stereocenters. The first kappa shape index (κ1) is 18.3. The van der Waals surface area contributed by atoms with Gasteiger partial charge in [-0.15, -0.1) is 0 Å². The summed E-state index contributed by atoms with van der Waals surface area (Å²) in [7, 11) is -4.29. The molecule has 6 nitrogen and oxygen atoms in total. The summed E-state index contributed by atoms with van der Waals surface area (Å²) < 4.78 is 35.5. The average molecular weight is 329 g/mol. The lowest BCUT2D eigenvalue weighted by atomic mass is 9.94. The lowest BCUT2D eigenvalue weighted by molar-refractivity contribution is 0.158. The lowest BCUT2D eigenvalue weighted by Crippen LogP contribution is -2.34. The molecule has 124 valence electrons. The summed E-state index contributed by atoms with van der Waals surface area (Å²) in [6.45, 7) is 9.42. The van der Waals surface area contributed by atoms with Crippen molar-refractivity contribution in [1.82, 2.24) is 4.72 Å². The second kappa shape index (κ2) is 7.49. The van der Waals surface area contributed by atoms with Crippen molar-refractivity contribution in [3.63, 3.8) is 0 Å². The summed E-state index contributed by atoms with van der Waals surface area (Å²) in [5, 5.41) is 0. The van der Waals surface area contributed by atoms with Gasteiger partial charge < -0.3 is 8.92 Å². The lowest BCUT2D eigenvalue weighted by Gasteiger charge is -2.19. The van der Waals surface area contributed by atoms with Crippen molar-refractivity contribution in [3.8, 4) is 5.75 Å². The molecule has 0 aliphatic heterocycles. The van der Waals surface area contributed by atoms with Crippen molar-refractivity contribution < 1.29 is 22.1 Å². The predicted molar refractivity (Wildman–Crippen MR) is 84.3 cm³/mol. The zero-order valence-electron chi connectivity index (χ0n) is 13.5. The third-order valence-corrected chi connectivity index (χ3v) is 3.80. The highest BCUT2D eigenvalue weighted by atomic mass is 32.2. The number of rotatable bonds is 6. The van der Waals surface area contributed by atoms with Gasteiger partial charge in [0.15, 0.2) is 5.75 Å². The third kappa shape index (κ3) is 4.91. The van der Waals surface area contributed by atoms with Gasteiger partial charge in [0.05, 0.1) is 6.61 Å². The molecule has 7 heteroatoms. The van der Waals surface area contributed by atoms with Crippen molar-refractivity contribution >= 4 is 16.4 Å². The number of ether oxygens (including phenoxy) is 1. The van der Waals surface area contributed by atoms with Gasteiger partial charge in [-0.1, -0.05) is 45.9 Å². The van der Waals surface area contributed by atoms with Gasteiger partial charge in [-0.2, -0.15) is 13.1 Å². The number of carbonyl (C=O) groups is 1. The third-order valence-electron chi connectivity index (χ3n) is 3.00. The molecule has 1 amide bonds. The second-order valence-corrected chi connectivity index (χ2v) is 6.71. The van der Waals surface area contributed by atoms with E-state index in [1.165, 1.54) is 0 Å². The maximum absolute atomic E-state index is 12.0. The molecule has 0 radical (unpaired) electrons. The number of carbonyl (C=O) groups excluding carboxylic acids is 1. The van der Waals surface area contributed by atoms with E-state index in [1.807, 2.05) is 45.9 Å². The Morgan fingerprint density at radius 1 is 1.14 bits per heavy atom. The standard InChI is InChI=1S/C15H23NO5S/c1-6-20-15(17)16-22(18,19)21-14-12(10(2)3)8-7-9-13(14)11(4)5/h7-11H,6H2,1-5H3,(H,16,17). The Hall–Kier alpha value is -1.76. The van der Waals surface area contributed by atoms with Crippen molar-refractivity contribution in [2.75, 3.05) is 6.61 Å². The van der Waals surface area contributed by atoms with Crippen LogP contribution in [0.15, 0.2) is 18.2 Å². The summed E-state index contributed by atoms with van der Waals surface area (Å²) in [6.07, 6.45) is -1.06. The molecule has 0 aliphatic rings. The number of hydrogen-bond donors (Lipinski definition) is 1. The van der Waals surface area contributed by atoms with Gasteiger partial charge in [-0.25, -0.2) is 4.79 Å². The second-order valence-electron chi connectivity index (χ2n) is 5.43. The molecule has 0 saturated heterocycles. The van der Waals surface area contributed by atoms with E-state index in [0.29, 0.717) is 0 Å². The van der Waals surface area contributed by atoms with Gasteiger partial charge in [-0.3, -0.25) is 0 Å². The Morgan fingerprint density at radius 3 is 2.05 bits per heavy atom. The molecule has 1 aromatic rings. The molecule has 0 heterocycles. The van der Waals surface area contributed by atoms with E-state index < -0.39 is 16.4 Å². The smallest absolute Gasteiger partial charge is 0.423 e. The first-order valence-corrected chi connectivity index (χ1v) is 8.60. The topological polar surface area (TPSA) is 81.7 Å². The Balaban J connectivity index is 3.17. The van der Waals surface area contributed by atoms with Crippen LogP contribution in [0.25, 0.3) is 0 Å². The van der Waals surface area contributed by atoms with Crippen molar-refractivity contribution in [2.45, 2.75) is 46.5 Å². The fraction of sp³-hybridized carbons (Fsp3) is 0.533. The summed E-state index contributed by atoms with van der Waals surface area (Å²) in [5.74, 6) is 0.419. The molecular formula is C15H23NO5S. The van der Waals surface area contributed by atoms with Crippen LogP contribution in [0.2, 0.25) is 0 Å². The molecule has 1 N–H and O–H groups in total. The van der Waals surface area contributed by atoms with E-state index in [2.05, 4.69) is 4.74 Å². The monoisotopic (exact) mass is 329 g/mol. The minimum absolute atomic E-state index is 0.0706. The van der Waals surface area contributed by atoms with Gasteiger partial charge in [0, 0.05) is 0 Å². The largest absolute Gasteiger partial charge is 0.449 e. The quantitative estimate of drug-likeness (QED) is 0.866. The van der Waals surface area contributed by atoms with Gasteiger partial charge in [-0.05, 0) is 29.9 Å². The summed E-state index contributed by atoms with van der Waals surface area (Å²) in [5.41, 5.74) is 1.53. The van der Waals surface area contributed by atoms with E-state index in [-0.39, 0.29) is 24.2 Å². The highest BCUT2D eigenvalue weighted by Crippen LogP contribution is 2.35. The van der Waals surface area contributed by atoms with Crippen LogP contribution in [0.3, 0.4) is 0 Å². The first-order chi connectivity index (χ1) is 10.2. The van der Waals surface area contributed by atoms with E-state index >= 15 is 0 Å². The van der Waals surface area contributed by atoms with Crippen LogP contribution in [0.1, 0.15) is 57.6 Å². The molecule has 0 aromatic heterocycles. The van der Waals surface area contributed by atoms with E-state index in [0.717, 1.165) is 11.1 Å². The normalized spacial score (nSPS) is 11.6. The Labute approximate surface area is 132 Å². The molecule has 1 aromatic carbocycles. The molecule has 1 rings (SSSR count). The number of benzene rings is 1. The molecule has 0 spiro atoms. The van der Waals surface area contributed by atoms with Crippen molar-refractivity contribution in [3.05, 3.63) is 29.3 Å². The van der Waals surface area contributed by atoms with Crippen LogP contribution in [-0.4, -0.2) is 21.1 Å². The summed E-state index contributed by atoms with van der Waals surface area (Å²) in [4.78, 5) is 11.3. The van der Waals surface area contributed by atoms with Crippen LogP contribution in [0, 0.1) is 0 Å². The Bertz CT molecular complexity index is 597. The summed E-state index contributed by atoms with van der Waals surface area (Å²) in [6, 6.07) is 5.49. The number of amides is 1. The minimum Gasteiger partial charge on any atom is -0.449 e. The van der Waals surface area contributed by atoms with Gasteiger partial charge in [0.2, 0.25) is 0 Å². The van der Waals surface area contributed by atoms with Crippen LogP contribution in [0.4, 0.5) is 4.79 Å².